The molecule has 1 aromatic carbocycles. The van der Waals surface area contributed by atoms with Crippen molar-refractivity contribution < 1.29 is 14.4 Å². The standard InChI is InChI=1S/C22H24N2O3S/c1-14-12-19(15(2)24(14)16-8-9-16)20(25)13-28-11-5-10-23-21(26)17-6-3-4-7-18(17)22(23)27/h3-4,6-7,12,16H,5,8-11,13H2,1-2H3. The summed E-state index contributed by atoms with van der Waals surface area (Å²) in [5, 5.41) is 0. The second kappa shape index (κ2) is 7.59. The molecule has 0 unspecified atom stereocenters. The van der Waals surface area contributed by atoms with E-state index >= 15 is 0 Å². The number of rotatable bonds is 8. The molecule has 4 rings (SSSR count). The number of carbonyl (C=O) groups is 3. The second-order valence-corrected chi connectivity index (χ2v) is 8.63. The molecule has 0 bridgehead atoms. The minimum Gasteiger partial charge on any atom is -0.345 e. The average Bonchev–Trinajstić information content (AvgIpc) is 3.43. The first-order valence-corrected chi connectivity index (χ1v) is 10.9. The Kier molecular flexibility index (Phi) is 5.15. The highest BCUT2D eigenvalue weighted by molar-refractivity contribution is 7.99. The molecule has 0 spiro atoms. The third-order valence-corrected chi connectivity index (χ3v) is 6.52. The predicted molar refractivity (Wildman–Crippen MR) is 110 cm³/mol. The highest BCUT2D eigenvalue weighted by atomic mass is 32.2. The zero-order valence-corrected chi connectivity index (χ0v) is 17.1. The van der Waals surface area contributed by atoms with Gasteiger partial charge in [-0.05, 0) is 57.1 Å². The molecule has 5 nitrogen and oxygen atoms in total. The van der Waals surface area contributed by atoms with Crippen molar-refractivity contribution in [3.8, 4) is 0 Å². The van der Waals surface area contributed by atoms with Crippen LogP contribution in [0.1, 0.15) is 67.8 Å². The Morgan fingerprint density at radius 3 is 2.36 bits per heavy atom. The van der Waals surface area contributed by atoms with Gasteiger partial charge in [-0.15, -0.1) is 0 Å². The highest BCUT2D eigenvalue weighted by Gasteiger charge is 2.34. The lowest BCUT2D eigenvalue weighted by atomic mass is 10.1. The van der Waals surface area contributed by atoms with Crippen LogP contribution in [0.5, 0.6) is 0 Å². The van der Waals surface area contributed by atoms with Crippen LogP contribution in [0.25, 0.3) is 0 Å². The van der Waals surface area contributed by atoms with Gasteiger partial charge in [-0.3, -0.25) is 19.3 Å². The Morgan fingerprint density at radius 1 is 1.11 bits per heavy atom. The van der Waals surface area contributed by atoms with Gasteiger partial charge >= 0.3 is 0 Å². The topological polar surface area (TPSA) is 59.4 Å². The second-order valence-electron chi connectivity index (χ2n) is 7.52. The van der Waals surface area contributed by atoms with Crippen LogP contribution in [0.4, 0.5) is 0 Å². The van der Waals surface area contributed by atoms with Crippen molar-refractivity contribution in [1.82, 2.24) is 9.47 Å². The van der Waals surface area contributed by atoms with E-state index in [1.54, 1.807) is 36.0 Å². The van der Waals surface area contributed by atoms with Gasteiger partial charge in [0.1, 0.15) is 0 Å². The van der Waals surface area contributed by atoms with Crippen molar-refractivity contribution in [2.75, 3.05) is 18.1 Å². The van der Waals surface area contributed by atoms with Crippen LogP contribution < -0.4 is 0 Å². The Morgan fingerprint density at radius 2 is 1.75 bits per heavy atom. The largest absolute Gasteiger partial charge is 0.345 e. The van der Waals surface area contributed by atoms with Gasteiger partial charge < -0.3 is 4.57 Å². The van der Waals surface area contributed by atoms with E-state index in [0.29, 0.717) is 35.9 Å². The van der Waals surface area contributed by atoms with E-state index in [1.807, 2.05) is 13.0 Å². The molecular weight excluding hydrogens is 372 g/mol. The molecule has 1 fully saturated rings. The lowest BCUT2D eigenvalue weighted by Gasteiger charge is -2.13. The molecular formula is C22H24N2O3S. The molecule has 0 radical (unpaired) electrons. The molecule has 0 atom stereocenters. The molecule has 2 aromatic rings. The van der Waals surface area contributed by atoms with Crippen LogP contribution in [-0.2, 0) is 0 Å². The molecule has 2 amide bonds. The quantitative estimate of drug-likeness (QED) is 0.384. The Bertz CT molecular complexity index is 924. The number of Topliss-reactive ketones (excluding diaryl/α,β-unsaturated/α-hetero) is 1. The van der Waals surface area contributed by atoms with Crippen LogP contribution in [0, 0.1) is 13.8 Å². The lowest BCUT2D eigenvalue weighted by molar-refractivity contribution is 0.0654. The maximum atomic E-state index is 12.6. The third kappa shape index (κ3) is 3.41. The first-order chi connectivity index (χ1) is 13.5. The van der Waals surface area contributed by atoms with Crippen molar-refractivity contribution in [3.63, 3.8) is 0 Å². The summed E-state index contributed by atoms with van der Waals surface area (Å²) in [6, 6.07) is 9.52. The van der Waals surface area contributed by atoms with Crippen LogP contribution >= 0.6 is 11.8 Å². The number of aryl methyl sites for hydroxylation is 1. The van der Waals surface area contributed by atoms with Crippen molar-refractivity contribution >= 4 is 29.4 Å². The van der Waals surface area contributed by atoms with Gasteiger partial charge in [-0.2, -0.15) is 11.8 Å². The predicted octanol–water partition coefficient (Wildman–Crippen LogP) is 4.04. The molecule has 6 heteroatoms. The van der Waals surface area contributed by atoms with Gasteiger partial charge in [0, 0.05) is 29.5 Å². The van der Waals surface area contributed by atoms with Gasteiger partial charge in [0.15, 0.2) is 5.78 Å². The highest BCUT2D eigenvalue weighted by Crippen LogP contribution is 2.38. The van der Waals surface area contributed by atoms with Gasteiger partial charge in [-0.25, -0.2) is 0 Å². The minimum absolute atomic E-state index is 0.158. The van der Waals surface area contributed by atoms with E-state index in [4.69, 9.17) is 0 Å². The van der Waals surface area contributed by atoms with Gasteiger partial charge in [0.25, 0.3) is 11.8 Å². The molecule has 1 aliphatic heterocycles. The molecule has 1 aromatic heterocycles. The number of nitrogens with zero attached hydrogens (tertiary/aromatic N) is 2. The first-order valence-electron chi connectivity index (χ1n) is 9.73. The Hall–Kier alpha value is -2.34. The Balaban J connectivity index is 1.26. The molecule has 2 heterocycles. The molecule has 0 saturated heterocycles. The summed E-state index contributed by atoms with van der Waals surface area (Å²) in [6.45, 7) is 4.49. The smallest absolute Gasteiger partial charge is 0.261 e. The van der Waals surface area contributed by atoms with Gasteiger partial charge in [-0.1, -0.05) is 12.1 Å². The van der Waals surface area contributed by atoms with E-state index in [1.165, 1.54) is 23.4 Å². The zero-order chi connectivity index (χ0) is 19.8. The number of thioether (sulfide) groups is 1. The zero-order valence-electron chi connectivity index (χ0n) is 16.2. The van der Waals surface area contributed by atoms with Crippen molar-refractivity contribution in [3.05, 3.63) is 58.4 Å². The number of hydrogen-bond acceptors (Lipinski definition) is 4. The number of amides is 2. The van der Waals surface area contributed by atoms with Gasteiger partial charge in [0.2, 0.25) is 0 Å². The van der Waals surface area contributed by atoms with Crippen LogP contribution in [-0.4, -0.2) is 45.1 Å². The maximum absolute atomic E-state index is 12.6. The number of ketones is 1. The van der Waals surface area contributed by atoms with Crippen LogP contribution in [0.15, 0.2) is 30.3 Å². The van der Waals surface area contributed by atoms with Crippen LogP contribution in [0.2, 0.25) is 0 Å². The summed E-state index contributed by atoms with van der Waals surface area (Å²) in [7, 11) is 0. The number of carbonyl (C=O) groups excluding carboxylic acids is 3. The lowest BCUT2D eigenvalue weighted by Crippen LogP contribution is -2.31. The van der Waals surface area contributed by atoms with Crippen LogP contribution in [0.3, 0.4) is 0 Å². The van der Waals surface area contributed by atoms with Crippen molar-refractivity contribution in [1.29, 1.82) is 0 Å². The summed E-state index contributed by atoms with van der Waals surface area (Å²) in [5.41, 5.74) is 4.05. The normalized spacial score (nSPS) is 16.0. The van der Waals surface area contributed by atoms with E-state index in [0.717, 1.165) is 17.0 Å². The molecule has 1 aliphatic carbocycles. The average molecular weight is 397 g/mol. The Labute approximate surface area is 169 Å². The summed E-state index contributed by atoms with van der Waals surface area (Å²) < 4.78 is 2.29. The molecule has 146 valence electrons. The molecule has 0 N–H and O–H groups in total. The molecule has 2 aliphatic rings. The fraction of sp³-hybridized carbons (Fsp3) is 0.409. The SMILES string of the molecule is Cc1cc(C(=O)CSCCCN2C(=O)c3ccccc3C2=O)c(C)n1C1CC1. The van der Waals surface area contributed by atoms with E-state index in [2.05, 4.69) is 11.5 Å². The number of hydrogen-bond donors (Lipinski definition) is 0. The molecule has 28 heavy (non-hydrogen) atoms. The fourth-order valence-corrected chi connectivity index (χ4v) is 4.78. The monoisotopic (exact) mass is 396 g/mol. The van der Waals surface area contributed by atoms with Crippen molar-refractivity contribution in [2.45, 2.75) is 39.2 Å². The summed E-state index contributed by atoms with van der Waals surface area (Å²) in [6.07, 6.45) is 3.09. The maximum Gasteiger partial charge on any atom is 0.261 e. The number of aromatic nitrogens is 1. The van der Waals surface area contributed by atoms with Crippen molar-refractivity contribution in [2.24, 2.45) is 0 Å². The fourth-order valence-electron chi connectivity index (χ4n) is 3.96. The number of fused-ring (bicyclic) bond motifs is 1. The van der Waals surface area contributed by atoms with E-state index < -0.39 is 0 Å². The minimum atomic E-state index is -0.214. The first kappa shape index (κ1) is 19.0. The van der Waals surface area contributed by atoms with Gasteiger partial charge in [0.05, 0.1) is 16.9 Å². The third-order valence-electron chi connectivity index (χ3n) is 5.48. The molecule has 1 saturated carbocycles. The summed E-state index contributed by atoms with van der Waals surface area (Å²) >= 11 is 1.57. The summed E-state index contributed by atoms with van der Waals surface area (Å²) in [4.78, 5) is 38.6. The van der Waals surface area contributed by atoms with E-state index in [9.17, 15) is 14.4 Å². The number of imide groups is 1. The number of benzene rings is 1. The summed E-state index contributed by atoms with van der Waals surface area (Å²) in [5.74, 6) is 0.895. The van der Waals surface area contributed by atoms with E-state index in [-0.39, 0.29) is 17.6 Å².